The molecule has 4 aromatic heterocycles. The maximum atomic E-state index is 12.7. The number of halogens is 12. The van der Waals surface area contributed by atoms with Crippen molar-refractivity contribution >= 4 is 55.1 Å². The van der Waals surface area contributed by atoms with E-state index >= 15 is 0 Å². The summed E-state index contributed by atoms with van der Waals surface area (Å²) in [6.45, 7) is -3.54. The number of nitrogens with zero attached hydrogens (tertiary/aromatic N) is 5. The molecule has 2 aromatic carbocycles. The average Bonchev–Trinajstić information content (AvgIpc) is 3.65. The number of benzene rings is 2. The van der Waals surface area contributed by atoms with Crippen molar-refractivity contribution in [2.75, 3.05) is 13.8 Å². The van der Waals surface area contributed by atoms with Gasteiger partial charge >= 0.3 is 57.5 Å². The van der Waals surface area contributed by atoms with Crippen LogP contribution in [0.1, 0.15) is 2.80 Å². The van der Waals surface area contributed by atoms with Crippen LogP contribution in [0.2, 0.25) is 10.6 Å². The molecule has 282 valence electrons. The van der Waals surface area contributed by atoms with Crippen molar-refractivity contribution in [1.82, 2.24) is 29.5 Å². The summed E-state index contributed by atoms with van der Waals surface area (Å²) in [4.78, 5) is 19.1. The summed E-state index contributed by atoms with van der Waals surface area (Å²) in [7, 11) is -7.15. The van der Waals surface area contributed by atoms with Crippen molar-refractivity contribution in [2.24, 2.45) is 0 Å². The van der Waals surface area contributed by atoms with Crippen LogP contribution in [-0.4, -0.2) is 69.5 Å². The van der Waals surface area contributed by atoms with Gasteiger partial charge in [0.15, 0.2) is 6.61 Å². The molecule has 4 heterocycles. The minimum atomic E-state index is -6.15. The van der Waals surface area contributed by atoms with E-state index in [1.54, 1.807) is 36.5 Å². The number of para-hydroxylation sites is 2. The minimum Gasteiger partial charge on any atom is -1.00 e. The first kappa shape index (κ1) is 43.9. The summed E-state index contributed by atoms with van der Waals surface area (Å²) in [5, 5.41) is 2.15. The number of rotatable bonds is 5. The molecule has 0 aliphatic rings. The number of hydrogen-bond donors (Lipinski definition) is 1. The molecule has 0 unspecified atom stereocenters. The van der Waals surface area contributed by atoms with Gasteiger partial charge < -0.3 is 11.0 Å². The van der Waals surface area contributed by atoms with Gasteiger partial charge in [-0.3, -0.25) is 8.57 Å². The number of nitrogens with one attached hydrogen (secondary N) is 1. The molecular formula is C30H23Cl2F10N6NaO3S. The fraction of sp³-hybridized carbons (Fsp3) is 0.200. The number of aromatic amines is 1. The maximum absolute atomic E-state index is 12.7. The van der Waals surface area contributed by atoms with Crippen molar-refractivity contribution in [3.05, 3.63) is 96.0 Å². The fourth-order valence-electron chi connectivity index (χ4n) is 4.24. The van der Waals surface area contributed by atoms with E-state index in [9.17, 15) is 52.3 Å². The molecule has 0 saturated heterocycles. The van der Waals surface area contributed by atoms with Crippen LogP contribution in [0, 0.1) is 0 Å². The Hall–Kier alpha value is -3.53. The topological polar surface area (TPSA) is 116 Å². The van der Waals surface area contributed by atoms with Gasteiger partial charge in [0.1, 0.15) is 6.54 Å². The predicted octanol–water partition coefficient (Wildman–Crippen LogP) is 6.71. The second kappa shape index (κ2) is 19.2. The molecule has 0 aliphatic carbocycles. The molecule has 0 spiro atoms. The van der Waals surface area contributed by atoms with Gasteiger partial charge in [-0.05, 0) is 47.5 Å². The number of H-pyrrole nitrogens is 1. The van der Waals surface area contributed by atoms with Crippen molar-refractivity contribution < 1.29 is 88.9 Å². The van der Waals surface area contributed by atoms with Gasteiger partial charge in [0.05, 0.1) is 19.9 Å². The molecule has 53 heavy (non-hydrogen) atoms. The molecule has 0 fully saturated rings. The summed E-state index contributed by atoms with van der Waals surface area (Å²) >= 11 is 11.5. The summed E-state index contributed by atoms with van der Waals surface area (Å²) in [6.07, 6.45) is -2.91. The summed E-state index contributed by atoms with van der Waals surface area (Å²) < 4.78 is 145. The summed E-state index contributed by atoms with van der Waals surface area (Å²) in [5.74, 6) is 0. The van der Waals surface area contributed by atoms with E-state index in [1.807, 2.05) is 30.5 Å². The molecule has 0 atom stereocenters. The first-order chi connectivity index (χ1) is 24.7. The minimum absolute atomic E-state index is 0. The Morgan fingerprint density at radius 2 is 1.32 bits per heavy atom. The largest absolute Gasteiger partial charge is 1.00 e. The zero-order chi connectivity index (χ0) is 39.6. The normalized spacial score (nSPS) is 12.0. The zero-order valence-corrected chi connectivity index (χ0v) is 30.9. The van der Waals surface area contributed by atoms with E-state index in [2.05, 4.69) is 35.2 Å². The van der Waals surface area contributed by atoms with E-state index in [4.69, 9.17) is 24.6 Å². The number of fused-ring (bicyclic) bond motifs is 2. The van der Waals surface area contributed by atoms with Crippen LogP contribution in [0.4, 0.5) is 43.9 Å². The van der Waals surface area contributed by atoms with E-state index < -0.39 is 48.3 Å². The quantitative estimate of drug-likeness (QED) is 0.0676. The molecule has 6 rings (SSSR count). The average molecular weight is 833 g/mol. The molecule has 0 radical (unpaired) electrons. The van der Waals surface area contributed by atoms with Crippen molar-refractivity contribution in [3.8, 4) is 22.5 Å². The van der Waals surface area contributed by atoms with Gasteiger partial charge in [-0.1, -0.05) is 36.4 Å². The number of alkyl halides is 10. The number of aromatic nitrogens is 6. The first-order valence-corrected chi connectivity index (χ1v) is 15.9. The zero-order valence-electron chi connectivity index (χ0n) is 28.6. The fourth-order valence-corrected chi connectivity index (χ4v) is 4.96. The third kappa shape index (κ3) is 13.4. The first-order valence-electron chi connectivity index (χ1n) is 14.4. The van der Waals surface area contributed by atoms with Gasteiger partial charge in [0.25, 0.3) is 0 Å². The molecule has 0 bridgehead atoms. The van der Waals surface area contributed by atoms with E-state index in [0.29, 0.717) is 22.2 Å². The van der Waals surface area contributed by atoms with E-state index in [-0.39, 0.29) is 41.6 Å². The second-order valence-corrected chi connectivity index (χ2v) is 12.0. The van der Waals surface area contributed by atoms with Crippen molar-refractivity contribution in [1.29, 1.82) is 0 Å². The maximum Gasteiger partial charge on any atom is 1.00 e. The van der Waals surface area contributed by atoms with Crippen molar-refractivity contribution in [3.63, 3.8) is 0 Å². The Morgan fingerprint density at radius 3 is 1.83 bits per heavy atom. The third-order valence-corrected chi connectivity index (χ3v) is 7.55. The Kier molecular flexibility index (Phi) is 15.9. The molecule has 6 aromatic rings. The van der Waals surface area contributed by atoms with Gasteiger partial charge in [0, 0.05) is 57.7 Å². The molecule has 0 saturated carbocycles. The van der Waals surface area contributed by atoms with Gasteiger partial charge in [-0.2, -0.15) is 47.9 Å². The van der Waals surface area contributed by atoms with Crippen LogP contribution in [-0.2, 0) is 20.8 Å². The third-order valence-electron chi connectivity index (χ3n) is 6.19. The Morgan fingerprint density at radius 1 is 0.811 bits per heavy atom. The van der Waals surface area contributed by atoms with E-state index in [1.165, 1.54) is 17.0 Å². The van der Waals surface area contributed by atoms with Crippen molar-refractivity contribution in [2.45, 2.75) is 24.4 Å². The van der Waals surface area contributed by atoms with Crippen LogP contribution in [0.3, 0.4) is 0 Å². The molecular weight excluding hydrogens is 808 g/mol. The SMILES string of the molecule is Clc1nccc(-c2c[nH]c3ccccc23)n1.FC(F)(F)Cn1cc(-c2ccnc(Cl)n2)c2ccccc21.O=S(=O)(OCC(F)(F)F)C(F)(F)F.[2H]CF.[H-].[Na+]. The molecule has 0 aliphatic heterocycles. The molecule has 1 N–H and O–H groups in total. The number of hydrogen-bond acceptors (Lipinski definition) is 7. The van der Waals surface area contributed by atoms with Crippen LogP contribution >= 0.6 is 23.2 Å². The van der Waals surface area contributed by atoms with Crippen LogP contribution in [0.5, 0.6) is 0 Å². The Balaban J connectivity index is 0.000000402. The summed E-state index contributed by atoms with van der Waals surface area (Å²) in [6, 6.07) is 18.4. The summed E-state index contributed by atoms with van der Waals surface area (Å²) in [5.41, 5.74) is -1.28. The van der Waals surface area contributed by atoms with Gasteiger partial charge in [-0.25, -0.2) is 19.9 Å². The van der Waals surface area contributed by atoms with Crippen LogP contribution in [0.25, 0.3) is 44.3 Å². The monoisotopic (exact) mass is 831 g/mol. The molecule has 0 amide bonds. The smallest absolute Gasteiger partial charge is 1.00 e. The Bertz CT molecular complexity index is 2230. The van der Waals surface area contributed by atoms with Gasteiger partial charge in [-0.15, -0.1) is 0 Å². The Labute approximate surface area is 328 Å². The van der Waals surface area contributed by atoms with Crippen LogP contribution < -0.4 is 29.6 Å². The second-order valence-electron chi connectivity index (χ2n) is 9.75. The standard InChI is InChI=1S/C14H9ClF3N3.C12H8ClN3.C3H2F6O3S.CH3F.Na.H/c15-13-19-6-5-11(20-13)10-7-21(8-14(16,17)18)12-4-2-1-3-9(10)12;13-12-14-6-5-11(16-12)9-7-15-10-4-2-1-3-8(9)10;4-2(5,6)1-12-13(10,11)3(7,8)9;1-2;;/h1-7H,8H2;1-7,15H;1H2;1H3;;/q;;;;+1;-1/i;;;1D;;. The molecule has 9 nitrogen and oxygen atoms in total. The van der Waals surface area contributed by atoms with Gasteiger partial charge in [0.2, 0.25) is 10.6 Å². The molecule has 23 heteroatoms. The van der Waals surface area contributed by atoms with E-state index in [0.717, 1.165) is 22.2 Å². The predicted molar refractivity (Wildman–Crippen MR) is 173 cm³/mol. The van der Waals surface area contributed by atoms with Crippen LogP contribution in [0.15, 0.2) is 85.5 Å².